The summed E-state index contributed by atoms with van der Waals surface area (Å²) in [4.78, 5) is 10.7. The zero-order valence-corrected chi connectivity index (χ0v) is 8.45. The van der Waals surface area contributed by atoms with Crippen LogP contribution in [0, 0.1) is 0 Å². The number of allylic oxidation sites excluding steroid dienone is 1. The van der Waals surface area contributed by atoms with Crippen LogP contribution in [-0.4, -0.2) is 11.1 Å². The van der Waals surface area contributed by atoms with E-state index >= 15 is 0 Å². The van der Waals surface area contributed by atoms with E-state index < -0.39 is 5.97 Å². The minimum absolute atomic E-state index is 0.439. The number of rotatable bonds is 3. The minimum Gasteiger partial charge on any atom is -0.478 e. The Bertz CT molecular complexity index is 350. The quantitative estimate of drug-likeness (QED) is 0.744. The number of hydrogen-bond donors (Lipinski definition) is 1. The molecule has 0 saturated heterocycles. The number of carboxylic acid groups (broad SMARTS) is 1. The highest BCUT2D eigenvalue weighted by atomic mass is 16.4. The summed E-state index contributed by atoms with van der Waals surface area (Å²) in [5.41, 5.74) is 2.49. The van der Waals surface area contributed by atoms with Crippen LogP contribution < -0.4 is 0 Å². The lowest BCUT2D eigenvalue weighted by molar-refractivity contribution is -0.132. The first kappa shape index (κ1) is 10.5. The van der Waals surface area contributed by atoms with E-state index in [9.17, 15) is 4.79 Å². The normalized spacial score (nSPS) is 12.1. The Morgan fingerprint density at radius 1 is 1.21 bits per heavy atom. The second kappa shape index (κ2) is 4.61. The molecule has 2 nitrogen and oxygen atoms in total. The van der Waals surface area contributed by atoms with Crippen molar-refractivity contribution in [2.45, 2.75) is 20.3 Å². The van der Waals surface area contributed by atoms with Crippen LogP contribution in [0.2, 0.25) is 0 Å². The molecule has 14 heavy (non-hydrogen) atoms. The Kier molecular flexibility index (Phi) is 3.46. The summed E-state index contributed by atoms with van der Waals surface area (Å²) < 4.78 is 0. The molecular formula is C12H14O2. The fourth-order valence-electron chi connectivity index (χ4n) is 1.22. The van der Waals surface area contributed by atoms with E-state index in [1.807, 2.05) is 37.3 Å². The highest BCUT2D eigenvalue weighted by Gasteiger charge is 2.05. The smallest absolute Gasteiger partial charge is 0.331 e. The van der Waals surface area contributed by atoms with Crippen molar-refractivity contribution in [3.8, 4) is 0 Å². The van der Waals surface area contributed by atoms with E-state index in [1.165, 1.54) is 0 Å². The molecule has 2 heteroatoms. The molecule has 0 atom stereocenters. The average molecular weight is 190 g/mol. The second-order valence-corrected chi connectivity index (χ2v) is 3.37. The summed E-state index contributed by atoms with van der Waals surface area (Å²) in [5, 5.41) is 8.77. The number of carbonyl (C=O) groups is 1. The molecule has 0 aliphatic rings. The van der Waals surface area contributed by atoms with Crippen LogP contribution in [0.15, 0.2) is 41.5 Å². The first-order valence-corrected chi connectivity index (χ1v) is 4.55. The summed E-state index contributed by atoms with van der Waals surface area (Å²) in [6.45, 7) is 3.50. The molecule has 0 saturated carbocycles. The molecule has 0 spiro atoms. The molecule has 0 bridgehead atoms. The third kappa shape index (κ3) is 2.73. The molecule has 1 rings (SSSR count). The van der Waals surface area contributed by atoms with Gasteiger partial charge in [-0.05, 0) is 25.8 Å². The van der Waals surface area contributed by atoms with Crippen LogP contribution in [0.4, 0.5) is 0 Å². The van der Waals surface area contributed by atoms with Crippen molar-refractivity contribution in [2.24, 2.45) is 0 Å². The van der Waals surface area contributed by atoms with Crippen LogP contribution in [0.3, 0.4) is 0 Å². The van der Waals surface area contributed by atoms with Crippen LogP contribution in [0.25, 0.3) is 0 Å². The van der Waals surface area contributed by atoms with Crippen LogP contribution in [0.1, 0.15) is 19.4 Å². The molecule has 0 amide bonds. The van der Waals surface area contributed by atoms with Crippen molar-refractivity contribution >= 4 is 5.97 Å². The van der Waals surface area contributed by atoms with Crippen molar-refractivity contribution in [3.63, 3.8) is 0 Å². The van der Waals surface area contributed by atoms with E-state index in [2.05, 4.69) is 0 Å². The number of carboxylic acids is 1. The average Bonchev–Trinajstić information content (AvgIpc) is 2.18. The fourth-order valence-corrected chi connectivity index (χ4v) is 1.22. The van der Waals surface area contributed by atoms with Gasteiger partial charge in [-0.15, -0.1) is 0 Å². The first-order valence-electron chi connectivity index (χ1n) is 4.55. The lowest BCUT2D eigenvalue weighted by Gasteiger charge is -2.03. The van der Waals surface area contributed by atoms with Gasteiger partial charge < -0.3 is 5.11 Å². The molecule has 1 N–H and O–H groups in total. The standard InChI is InChI=1S/C12H14O2/c1-9(10(2)12(13)14)8-11-6-4-3-5-7-11/h3-7H,8H2,1-2H3,(H,13,14)/b10-9+. The molecular weight excluding hydrogens is 176 g/mol. The predicted molar refractivity (Wildman–Crippen MR) is 56.2 cm³/mol. The molecule has 0 aliphatic heterocycles. The van der Waals surface area contributed by atoms with Crippen molar-refractivity contribution in [2.75, 3.05) is 0 Å². The number of aliphatic carboxylic acids is 1. The Balaban J connectivity index is 2.80. The van der Waals surface area contributed by atoms with Crippen LogP contribution in [-0.2, 0) is 11.2 Å². The predicted octanol–water partition coefficient (Wildman–Crippen LogP) is 2.65. The largest absolute Gasteiger partial charge is 0.478 e. The molecule has 0 unspecified atom stereocenters. The van der Waals surface area contributed by atoms with E-state index in [0.29, 0.717) is 12.0 Å². The van der Waals surface area contributed by atoms with E-state index in [-0.39, 0.29) is 0 Å². The van der Waals surface area contributed by atoms with Crippen LogP contribution >= 0.6 is 0 Å². The molecule has 1 aromatic rings. The van der Waals surface area contributed by atoms with Gasteiger partial charge in [0.05, 0.1) is 0 Å². The minimum atomic E-state index is -0.835. The van der Waals surface area contributed by atoms with Gasteiger partial charge in [0.2, 0.25) is 0 Å². The molecule has 74 valence electrons. The third-order valence-corrected chi connectivity index (χ3v) is 2.27. The Labute approximate surface area is 83.9 Å². The maximum atomic E-state index is 10.7. The van der Waals surface area contributed by atoms with E-state index in [4.69, 9.17) is 5.11 Å². The monoisotopic (exact) mass is 190 g/mol. The lowest BCUT2D eigenvalue weighted by atomic mass is 10.0. The number of benzene rings is 1. The molecule has 0 aromatic heterocycles. The summed E-state index contributed by atoms with van der Waals surface area (Å²) in [6.07, 6.45) is 0.707. The van der Waals surface area contributed by atoms with Crippen molar-refractivity contribution in [1.82, 2.24) is 0 Å². The van der Waals surface area contributed by atoms with E-state index in [1.54, 1.807) is 6.92 Å². The van der Waals surface area contributed by atoms with Crippen molar-refractivity contribution in [3.05, 3.63) is 47.0 Å². The summed E-state index contributed by atoms with van der Waals surface area (Å²) in [6, 6.07) is 9.86. The molecule has 0 aliphatic carbocycles. The molecule has 0 heterocycles. The fraction of sp³-hybridized carbons (Fsp3) is 0.250. The summed E-state index contributed by atoms with van der Waals surface area (Å²) in [7, 11) is 0. The topological polar surface area (TPSA) is 37.3 Å². The highest BCUT2D eigenvalue weighted by molar-refractivity contribution is 5.86. The van der Waals surface area contributed by atoms with Gasteiger partial charge >= 0.3 is 5.97 Å². The lowest BCUT2D eigenvalue weighted by Crippen LogP contribution is -2.01. The van der Waals surface area contributed by atoms with Gasteiger partial charge in [-0.2, -0.15) is 0 Å². The van der Waals surface area contributed by atoms with Gasteiger partial charge in [0.1, 0.15) is 0 Å². The summed E-state index contributed by atoms with van der Waals surface area (Å²) in [5.74, 6) is -0.835. The maximum Gasteiger partial charge on any atom is 0.331 e. The van der Waals surface area contributed by atoms with Gasteiger partial charge in [0, 0.05) is 5.57 Å². The van der Waals surface area contributed by atoms with Gasteiger partial charge in [-0.1, -0.05) is 35.9 Å². The zero-order chi connectivity index (χ0) is 10.6. The Morgan fingerprint density at radius 2 is 1.79 bits per heavy atom. The van der Waals surface area contributed by atoms with Gasteiger partial charge in [-0.25, -0.2) is 4.79 Å². The Morgan fingerprint density at radius 3 is 2.29 bits per heavy atom. The molecule has 0 radical (unpaired) electrons. The Hall–Kier alpha value is -1.57. The van der Waals surface area contributed by atoms with Crippen molar-refractivity contribution < 1.29 is 9.90 Å². The molecule has 1 aromatic carbocycles. The SMILES string of the molecule is C/C(Cc1ccccc1)=C(/C)C(=O)O. The van der Waals surface area contributed by atoms with Crippen LogP contribution in [0.5, 0.6) is 0 Å². The second-order valence-electron chi connectivity index (χ2n) is 3.37. The van der Waals surface area contributed by atoms with Gasteiger partial charge in [-0.3, -0.25) is 0 Å². The third-order valence-electron chi connectivity index (χ3n) is 2.27. The zero-order valence-electron chi connectivity index (χ0n) is 8.45. The van der Waals surface area contributed by atoms with Gasteiger partial charge in [0.15, 0.2) is 0 Å². The maximum absolute atomic E-state index is 10.7. The van der Waals surface area contributed by atoms with Gasteiger partial charge in [0.25, 0.3) is 0 Å². The summed E-state index contributed by atoms with van der Waals surface area (Å²) >= 11 is 0. The highest BCUT2D eigenvalue weighted by Crippen LogP contribution is 2.11. The first-order chi connectivity index (χ1) is 6.61. The van der Waals surface area contributed by atoms with Crippen molar-refractivity contribution in [1.29, 1.82) is 0 Å². The van der Waals surface area contributed by atoms with E-state index in [0.717, 1.165) is 11.1 Å². The number of hydrogen-bond acceptors (Lipinski definition) is 1. The molecule has 0 fully saturated rings.